The summed E-state index contributed by atoms with van der Waals surface area (Å²) in [5.41, 5.74) is 0. The maximum atomic E-state index is 12.0. The van der Waals surface area contributed by atoms with Gasteiger partial charge in [0.05, 0.1) is 19.6 Å². The van der Waals surface area contributed by atoms with E-state index in [-0.39, 0.29) is 18.1 Å². The summed E-state index contributed by atoms with van der Waals surface area (Å²) in [6.07, 6.45) is -0.142. The number of hydrogen-bond acceptors (Lipinski definition) is 9. The van der Waals surface area contributed by atoms with Gasteiger partial charge in [-0.25, -0.2) is 0 Å². The minimum absolute atomic E-state index is 0.112. The maximum absolute atomic E-state index is 12.0. The Kier molecular flexibility index (Phi) is 5.92. The molecule has 140 valence electrons. The van der Waals surface area contributed by atoms with Crippen LogP contribution in [0, 0.1) is 6.92 Å². The van der Waals surface area contributed by atoms with Crippen molar-refractivity contribution in [3.63, 3.8) is 0 Å². The van der Waals surface area contributed by atoms with E-state index < -0.39 is 11.8 Å². The highest BCUT2D eigenvalue weighted by molar-refractivity contribution is 5.91. The molecule has 2 aromatic rings. The number of morpholine rings is 1. The number of aromatic nitrogens is 3. The van der Waals surface area contributed by atoms with Crippen LogP contribution in [-0.2, 0) is 16.0 Å². The second kappa shape index (κ2) is 8.54. The second-order valence-electron chi connectivity index (χ2n) is 5.77. The molecule has 0 aliphatic carbocycles. The van der Waals surface area contributed by atoms with Crippen LogP contribution in [0.15, 0.2) is 15.1 Å². The van der Waals surface area contributed by atoms with Gasteiger partial charge in [0.2, 0.25) is 5.91 Å². The van der Waals surface area contributed by atoms with Gasteiger partial charge in [-0.05, 0) is 6.92 Å². The molecule has 0 bridgehead atoms. The SMILES string of the molecule is Cc1cc(NC(=O)Cc2noc(C(=O)NCCN3CCOCC3)n2)no1. The lowest BCUT2D eigenvalue weighted by molar-refractivity contribution is -0.115. The average molecular weight is 364 g/mol. The molecule has 0 atom stereocenters. The van der Waals surface area contributed by atoms with Crippen molar-refractivity contribution < 1.29 is 23.4 Å². The Morgan fingerprint density at radius 1 is 1.23 bits per heavy atom. The first-order valence-electron chi connectivity index (χ1n) is 8.24. The molecule has 1 aliphatic rings. The zero-order chi connectivity index (χ0) is 18.4. The third-order valence-corrected chi connectivity index (χ3v) is 3.69. The van der Waals surface area contributed by atoms with Crippen molar-refractivity contribution in [1.29, 1.82) is 0 Å². The van der Waals surface area contributed by atoms with E-state index in [0.717, 1.165) is 19.6 Å². The Bertz CT molecular complexity index is 751. The molecule has 11 heteroatoms. The lowest BCUT2D eigenvalue weighted by atomic mass is 10.3. The van der Waals surface area contributed by atoms with Crippen LogP contribution < -0.4 is 10.6 Å². The number of carbonyl (C=O) groups excluding carboxylic acids is 2. The molecule has 0 radical (unpaired) electrons. The molecule has 2 amide bonds. The van der Waals surface area contributed by atoms with E-state index in [9.17, 15) is 9.59 Å². The Balaban J connectivity index is 1.42. The van der Waals surface area contributed by atoms with E-state index in [1.807, 2.05) is 0 Å². The lowest BCUT2D eigenvalue weighted by Crippen LogP contribution is -2.41. The molecule has 0 unspecified atom stereocenters. The molecule has 11 nitrogen and oxygen atoms in total. The minimum Gasteiger partial charge on any atom is -0.379 e. The first-order valence-corrected chi connectivity index (χ1v) is 8.24. The van der Waals surface area contributed by atoms with Crippen LogP contribution in [0.5, 0.6) is 0 Å². The first-order chi connectivity index (χ1) is 12.6. The fourth-order valence-electron chi connectivity index (χ4n) is 2.40. The van der Waals surface area contributed by atoms with E-state index in [2.05, 4.69) is 30.8 Å². The number of anilines is 1. The highest BCUT2D eigenvalue weighted by Crippen LogP contribution is 2.07. The van der Waals surface area contributed by atoms with Gasteiger partial charge in [-0.2, -0.15) is 4.98 Å². The van der Waals surface area contributed by atoms with E-state index in [1.54, 1.807) is 13.0 Å². The van der Waals surface area contributed by atoms with E-state index >= 15 is 0 Å². The number of amides is 2. The number of carbonyl (C=O) groups is 2. The van der Waals surface area contributed by atoms with E-state index in [4.69, 9.17) is 13.8 Å². The Labute approximate surface area is 149 Å². The number of aryl methyl sites for hydroxylation is 1. The fraction of sp³-hybridized carbons (Fsp3) is 0.533. The third-order valence-electron chi connectivity index (χ3n) is 3.69. The van der Waals surface area contributed by atoms with Crippen molar-refractivity contribution in [2.45, 2.75) is 13.3 Å². The van der Waals surface area contributed by atoms with Crippen molar-refractivity contribution in [1.82, 2.24) is 25.5 Å². The highest BCUT2D eigenvalue weighted by Gasteiger charge is 2.18. The molecule has 3 rings (SSSR count). The second-order valence-corrected chi connectivity index (χ2v) is 5.77. The van der Waals surface area contributed by atoms with Crippen LogP contribution >= 0.6 is 0 Å². The van der Waals surface area contributed by atoms with Gasteiger partial charge >= 0.3 is 11.8 Å². The molecular formula is C15H20N6O5. The zero-order valence-corrected chi connectivity index (χ0v) is 14.4. The summed E-state index contributed by atoms with van der Waals surface area (Å²) in [7, 11) is 0. The van der Waals surface area contributed by atoms with Crippen molar-refractivity contribution in [3.8, 4) is 0 Å². The van der Waals surface area contributed by atoms with Crippen molar-refractivity contribution in [2.75, 3.05) is 44.7 Å². The van der Waals surface area contributed by atoms with Crippen LogP contribution in [-0.4, -0.2) is 71.4 Å². The predicted molar refractivity (Wildman–Crippen MR) is 87.5 cm³/mol. The lowest BCUT2D eigenvalue weighted by Gasteiger charge is -2.26. The smallest absolute Gasteiger partial charge is 0.315 e. The number of nitrogens with zero attached hydrogens (tertiary/aromatic N) is 4. The van der Waals surface area contributed by atoms with Gasteiger partial charge < -0.3 is 24.4 Å². The molecule has 3 heterocycles. The highest BCUT2D eigenvalue weighted by atomic mass is 16.5. The molecule has 0 saturated carbocycles. The summed E-state index contributed by atoms with van der Waals surface area (Å²) in [6, 6.07) is 1.58. The molecule has 1 fully saturated rings. The summed E-state index contributed by atoms with van der Waals surface area (Å²) in [4.78, 5) is 30.0. The summed E-state index contributed by atoms with van der Waals surface area (Å²) in [6.45, 7) is 6.00. The van der Waals surface area contributed by atoms with Gasteiger partial charge in [-0.1, -0.05) is 10.3 Å². The molecule has 1 saturated heterocycles. The summed E-state index contributed by atoms with van der Waals surface area (Å²) in [5.74, 6) is -0.0380. The summed E-state index contributed by atoms with van der Waals surface area (Å²) in [5, 5.41) is 12.6. The molecular weight excluding hydrogens is 344 g/mol. The fourth-order valence-corrected chi connectivity index (χ4v) is 2.40. The first kappa shape index (κ1) is 18.0. The standard InChI is InChI=1S/C15H20N6O5/c1-10-8-11(19-25-10)17-13(22)9-12-18-15(26-20-12)14(23)16-2-3-21-4-6-24-7-5-21/h8H,2-7,9H2,1H3,(H,16,23)(H,17,19,22). The van der Waals surface area contributed by atoms with Gasteiger partial charge in [0.25, 0.3) is 0 Å². The zero-order valence-electron chi connectivity index (χ0n) is 14.4. The molecule has 0 spiro atoms. The van der Waals surface area contributed by atoms with Gasteiger partial charge in [-0.3, -0.25) is 14.5 Å². The van der Waals surface area contributed by atoms with E-state index in [1.165, 1.54) is 0 Å². The van der Waals surface area contributed by atoms with Crippen LogP contribution in [0.2, 0.25) is 0 Å². The predicted octanol–water partition coefficient (Wildman–Crippen LogP) is -0.391. The molecule has 2 N–H and O–H groups in total. The quantitative estimate of drug-likeness (QED) is 0.673. The monoisotopic (exact) mass is 364 g/mol. The number of hydrogen-bond donors (Lipinski definition) is 2. The number of ether oxygens (including phenoxy) is 1. The third kappa shape index (κ3) is 5.10. The van der Waals surface area contributed by atoms with Gasteiger partial charge in [0.15, 0.2) is 11.6 Å². The molecule has 0 aromatic carbocycles. The summed E-state index contributed by atoms with van der Waals surface area (Å²) < 4.78 is 15.0. The minimum atomic E-state index is -0.468. The molecule has 1 aliphatic heterocycles. The van der Waals surface area contributed by atoms with Gasteiger partial charge in [0, 0.05) is 32.2 Å². The molecule has 2 aromatic heterocycles. The largest absolute Gasteiger partial charge is 0.379 e. The summed E-state index contributed by atoms with van der Waals surface area (Å²) >= 11 is 0. The van der Waals surface area contributed by atoms with Crippen LogP contribution in [0.25, 0.3) is 0 Å². The number of nitrogens with one attached hydrogen (secondary N) is 2. The van der Waals surface area contributed by atoms with Crippen LogP contribution in [0.4, 0.5) is 5.82 Å². The topological polar surface area (TPSA) is 136 Å². The van der Waals surface area contributed by atoms with Crippen LogP contribution in [0.3, 0.4) is 0 Å². The Morgan fingerprint density at radius 2 is 2.04 bits per heavy atom. The Morgan fingerprint density at radius 3 is 2.77 bits per heavy atom. The maximum Gasteiger partial charge on any atom is 0.315 e. The van der Waals surface area contributed by atoms with Gasteiger partial charge in [0.1, 0.15) is 5.76 Å². The van der Waals surface area contributed by atoms with Crippen molar-refractivity contribution in [2.24, 2.45) is 0 Å². The van der Waals surface area contributed by atoms with E-state index in [0.29, 0.717) is 31.3 Å². The number of rotatable bonds is 7. The average Bonchev–Trinajstić information content (AvgIpc) is 3.25. The van der Waals surface area contributed by atoms with Crippen LogP contribution in [0.1, 0.15) is 22.3 Å². The normalized spacial score (nSPS) is 15.0. The Hall–Kier alpha value is -2.79. The van der Waals surface area contributed by atoms with Crippen molar-refractivity contribution >= 4 is 17.6 Å². The molecule has 26 heavy (non-hydrogen) atoms. The van der Waals surface area contributed by atoms with Crippen molar-refractivity contribution in [3.05, 3.63) is 23.5 Å². The van der Waals surface area contributed by atoms with Gasteiger partial charge in [-0.15, -0.1) is 0 Å².